The molecule has 2 N–H and O–H groups in total. The van der Waals surface area contributed by atoms with Gasteiger partial charge in [-0.2, -0.15) is 4.98 Å². The average Bonchev–Trinajstić information content (AvgIpc) is 3.18. The molecule has 2 aliphatic heterocycles. The van der Waals surface area contributed by atoms with Crippen molar-refractivity contribution in [2.45, 2.75) is 45.7 Å². The summed E-state index contributed by atoms with van der Waals surface area (Å²) < 4.78 is 1.88. The van der Waals surface area contributed by atoms with Crippen molar-refractivity contribution in [3.05, 3.63) is 44.1 Å². The van der Waals surface area contributed by atoms with Crippen LogP contribution in [-0.2, 0) is 11.3 Å². The van der Waals surface area contributed by atoms with Crippen LogP contribution in [0.3, 0.4) is 0 Å². The molecule has 4 rings (SSSR count). The molecule has 2 heterocycles. The van der Waals surface area contributed by atoms with E-state index < -0.39 is 17.2 Å². The molecule has 2 atom stereocenters. The van der Waals surface area contributed by atoms with Crippen LogP contribution in [0.2, 0.25) is 0 Å². The molecule has 0 saturated heterocycles. The summed E-state index contributed by atoms with van der Waals surface area (Å²) in [6.45, 7) is 5.12. The number of hydrogen-bond donors (Lipinski definition) is 2. The Hall–Kier alpha value is -3.07. The first-order valence-electron chi connectivity index (χ1n) is 10.1. The van der Waals surface area contributed by atoms with Crippen LogP contribution in [0.1, 0.15) is 30.4 Å². The minimum absolute atomic E-state index is 0.139. The fraction of sp³-hybridized carbons (Fsp3) is 0.476. The number of likely N-dealkylation sites (N-methyl/N-ethyl adjacent to an activating group) is 1. The van der Waals surface area contributed by atoms with Crippen LogP contribution in [-0.4, -0.2) is 55.1 Å². The molecule has 0 spiro atoms. The zero-order chi connectivity index (χ0) is 21.6. The first-order chi connectivity index (χ1) is 14.2. The smallest absolute Gasteiger partial charge is 0.349 e. The van der Waals surface area contributed by atoms with Crippen molar-refractivity contribution in [2.75, 3.05) is 13.6 Å². The first kappa shape index (κ1) is 20.2. The van der Waals surface area contributed by atoms with Gasteiger partial charge in [-0.1, -0.05) is 0 Å². The van der Waals surface area contributed by atoms with Crippen LogP contribution in [0.4, 0.5) is 0 Å². The van der Waals surface area contributed by atoms with Gasteiger partial charge in [-0.05, 0) is 63.4 Å². The molecule has 1 saturated carbocycles. The van der Waals surface area contributed by atoms with Gasteiger partial charge in [0.05, 0.1) is 17.0 Å². The number of carboxylic acids is 1. The summed E-state index contributed by atoms with van der Waals surface area (Å²) in [5, 5.41) is 9.26. The number of benzene rings is 1. The lowest BCUT2D eigenvalue weighted by Gasteiger charge is -2.26. The van der Waals surface area contributed by atoms with Crippen LogP contribution in [0, 0.1) is 19.8 Å². The van der Waals surface area contributed by atoms with Crippen molar-refractivity contribution in [1.29, 1.82) is 0 Å². The minimum Gasteiger partial charge on any atom is -0.481 e. The third-order valence-corrected chi connectivity index (χ3v) is 6.28. The number of hydrogen-bond acceptors (Lipinski definition) is 6. The monoisotopic (exact) mass is 411 g/mol. The van der Waals surface area contributed by atoms with Gasteiger partial charge < -0.3 is 14.6 Å². The predicted molar refractivity (Wildman–Crippen MR) is 112 cm³/mol. The van der Waals surface area contributed by atoms with Crippen LogP contribution in [0.5, 0.6) is 0 Å². The lowest BCUT2D eigenvalue weighted by Crippen LogP contribution is -2.34. The van der Waals surface area contributed by atoms with Crippen molar-refractivity contribution in [1.82, 2.24) is 24.4 Å². The predicted octanol–water partition coefficient (Wildman–Crippen LogP) is 1.39. The standard InChI is InChI=1S/C21H25N5O4/c1-11-8-15-16(9-12(11)2)26(18-17(22-15)19(27)24-21(30)23-18)7-6-25(3)14-5-4-13(10-14)20(28)29/h8-9,13-14H,4-7,10H2,1-3H3,(H,28,29)(H,24,27,30). The van der Waals surface area contributed by atoms with E-state index in [-0.39, 0.29) is 23.5 Å². The van der Waals surface area contributed by atoms with E-state index in [0.717, 1.165) is 23.1 Å². The van der Waals surface area contributed by atoms with Crippen LogP contribution < -0.4 is 11.2 Å². The van der Waals surface area contributed by atoms with Gasteiger partial charge in [0.1, 0.15) is 0 Å². The maximum absolute atomic E-state index is 12.4. The lowest BCUT2D eigenvalue weighted by molar-refractivity contribution is -0.141. The summed E-state index contributed by atoms with van der Waals surface area (Å²) in [6.07, 6.45) is 2.17. The Morgan fingerprint density at radius 3 is 2.67 bits per heavy atom. The second kappa shape index (κ2) is 7.64. The summed E-state index contributed by atoms with van der Waals surface area (Å²) in [7, 11) is 1.98. The Morgan fingerprint density at radius 2 is 1.97 bits per heavy atom. The third kappa shape index (κ3) is 3.60. The van der Waals surface area contributed by atoms with Gasteiger partial charge in [-0.15, -0.1) is 0 Å². The third-order valence-electron chi connectivity index (χ3n) is 6.28. The fourth-order valence-electron chi connectivity index (χ4n) is 4.30. The zero-order valence-corrected chi connectivity index (χ0v) is 17.3. The number of rotatable bonds is 5. The lowest BCUT2D eigenvalue weighted by atomic mass is 10.1. The average molecular weight is 411 g/mol. The van der Waals surface area contributed by atoms with Crippen molar-refractivity contribution in [3.63, 3.8) is 0 Å². The SMILES string of the molecule is Cc1cc2nc3c(=O)[nH]c(=O)nc-3n(CCN(C)C3CCC(C(=O)O)C3)c2cc1C. The number of aromatic amines is 1. The van der Waals surface area contributed by atoms with E-state index in [0.29, 0.717) is 31.4 Å². The van der Waals surface area contributed by atoms with E-state index in [2.05, 4.69) is 19.9 Å². The van der Waals surface area contributed by atoms with E-state index in [9.17, 15) is 19.5 Å². The highest BCUT2D eigenvalue weighted by Gasteiger charge is 2.32. The number of nitrogens with one attached hydrogen (secondary N) is 1. The van der Waals surface area contributed by atoms with Gasteiger partial charge in [-0.3, -0.25) is 14.6 Å². The number of aryl methyl sites for hydroxylation is 2. The molecule has 0 aromatic heterocycles. The van der Waals surface area contributed by atoms with E-state index >= 15 is 0 Å². The van der Waals surface area contributed by atoms with Gasteiger partial charge in [0.2, 0.25) is 0 Å². The van der Waals surface area contributed by atoms with Crippen molar-refractivity contribution in [3.8, 4) is 11.5 Å². The number of aromatic nitrogens is 4. The number of carboxylic acid groups (broad SMARTS) is 1. The van der Waals surface area contributed by atoms with Gasteiger partial charge in [0, 0.05) is 19.1 Å². The molecule has 0 bridgehead atoms. The Morgan fingerprint density at radius 1 is 1.23 bits per heavy atom. The Kier molecular flexibility index (Phi) is 5.15. The molecule has 1 fully saturated rings. The quantitative estimate of drug-likeness (QED) is 0.609. The van der Waals surface area contributed by atoms with Crippen LogP contribution >= 0.6 is 0 Å². The maximum Gasteiger partial charge on any atom is 0.349 e. The van der Waals surface area contributed by atoms with Gasteiger partial charge in [0.25, 0.3) is 5.56 Å². The molecule has 2 unspecified atom stereocenters. The Balaban J connectivity index is 1.73. The number of fused-ring (bicyclic) bond motifs is 2. The molecule has 9 heteroatoms. The van der Waals surface area contributed by atoms with Gasteiger partial charge in [0.15, 0.2) is 11.5 Å². The second-order valence-corrected chi connectivity index (χ2v) is 8.21. The maximum atomic E-state index is 12.4. The van der Waals surface area contributed by atoms with Gasteiger partial charge >= 0.3 is 11.7 Å². The normalized spacial score (nSPS) is 19.2. The highest BCUT2D eigenvalue weighted by atomic mass is 16.4. The topological polar surface area (TPSA) is 121 Å². The Labute approximate surface area is 172 Å². The molecule has 1 aromatic rings. The van der Waals surface area contributed by atoms with Crippen molar-refractivity contribution in [2.24, 2.45) is 5.92 Å². The molecular weight excluding hydrogens is 386 g/mol. The minimum atomic E-state index is -0.733. The molecule has 0 amide bonds. The van der Waals surface area contributed by atoms with E-state index in [4.69, 9.17) is 0 Å². The molecule has 1 aromatic carbocycles. The van der Waals surface area contributed by atoms with Crippen LogP contribution in [0.15, 0.2) is 21.7 Å². The van der Waals surface area contributed by atoms with Crippen LogP contribution in [0.25, 0.3) is 22.6 Å². The molecule has 158 valence electrons. The number of aliphatic carboxylic acids is 1. The number of nitrogens with zero attached hydrogens (tertiary/aromatic N) is 4. The zero-order valence-electron chi connectivity index (χ0n) is 17.3. The summed E-state index contributed by atoms with van der Waals surface area (Å²) >= 11 is 0. The van der Waals surface area contributed by atoms with Crippen molar-refractivity contribution >= 4 is 17.0 Å². The summed E-state index contributed by atoms with van der Waals surface area (Å²) in [6, 6.07) is 4.13. The molecule has 30 heavy (non-hydrogen) atoms. The highest BCUT2D eigenvalue weighted by Crippen LogP contribution is 2.29. The fourth-order valence-corrected chi connectivity index (χ4v) is 4.30. The second-order valence-electron chi connectivity index (χ2n) is 8.21. The largest absolute Gasteiger partial charge is 0.481 e. The highest BCUT2D eigenvalue weighted by molar-refractivity contribution is 5.81. The molecular formula is C21H25N5O4. The Bertz CT molecular complexity index is 1210. The van der Waals surface area contributed by atoms with E-state index in [1.807, 2.05) is 37.6 Å². The summed E-state index contributed by atoms with van der Waals surface area (Å²) in [5.74, 6) is -0.757. The summed E-state index contributed by atoms with van der Waals surface area (Å²) in [5.41, 5.74) is 2.52. The summed E-state index contributed by atoms with van der Waals surface area (Å²) in [4.78, 5) is 48.4. The first-order valence-corrected chi connectivity index (χ1v) is 10.1. The van der Waals surface area contributed by atoms with Gasteiger partial charge in [-0.25, -0.2) is 9.78 Å². The number of carbonyl (C=O) groups is 1. The van der Waals surface area contributed by atoms with E-state index in [1.54, 1.807) is 0 Å². The molecule has 0 radical (unpaired) electrons. The molecule has 3 aliphatic rings. The van der Waals surface area contributed by atoms with E-state index in [1.165, 1.54) is 0 Å². The van der Waals surface area contributed by atoms with Crippen molar-refractivity contribution < 1.29 is 9.90 Å². The number of H-pyrrole nitrogens is 1. The molecule has 1 aliphatic carbocycles. The molecule has 9 nitrogen and oxygen atoms in total.